The van der Waals surface area contributed by atoms with Crippen molar-refractivity contribution in [1.82, 2.24) is 0 Å². The second-order valence-electron chi connectivity index (χ2n) is 5.97. The van der Waals surface area contributed by atoms with E-state index in [-0.39, 0.29) is 5.92 Å². The fraction of sp³-hybridized carbons (Fsp3) is 0.733. The number of carbonyl (C=O) groups is 2. The number of hydrogen-bond acceptors (Lipinski definition) is 2. The van der Waals surface area contributed by atoms with Crippen LogP contribution < -0.4 is 0 Å². The van der Waals surface area contributed by atoms with Crippen LogP contribution in [0.25, 0.3) is 0 Å². The maximum absolute atomic E-state index is 12.0. The minimum atomic E-state index is 0.167. The van der Waals surface area contributed by atoms with Gasteiger partial charge in [0.05, 0.1) is 0 Å². The molecule has 0 heterocycles. The van der Waals surface area contributed by atoms with Crippen molar-refractivity contribution < 1.29 is 9.59 Å². The molecular weight excluding hydrogens is 212 g/mol. The van der Waals surface area contributed by atoms with Crippen molar-refractivity contribution in [3.05, 3.63) is 11.1 Å². The van der Waals surface area contributed by atoms with Crippen LogP contribution in [0.5, 0.6) is 0 Å². The third kappa shape index (κ3) is 1.98. The lowest BCUT2D eigenvalue weighted by molar-refractivity contribution is -0.124. The standard InChI is InChI=1S/C15H22O2/c1-8(2)13-7-14(17)9(3)11-5-6-12(10(4)16)15(11)13/h8,12-13,15H,5-7H2,1-4H3. The molecule has 2 rings (SSSR count). The summed E-state index contributed by atoms with van der Waals surface area (Å²) in [6, 6.07) is 0. The molecule has 0 saturated heterocycles. The first-order valence-electron chi connectivity index (χ1n) is 6.66. The molecule has 2 aliphatic rings. The lowest BCUT2D eigenvalue weighted by Gasteiger charge is -2.35. The molecule has 2 aliphatic carbocycles. The summed E-state index contributed by atoms with van der Waals surface area (Å²) >= 11 is 0. The fourth-order valence-corrected chi connectivity index (χ4v) is 3.67. The molecule has 1 saturated carbocycles. The molecule has 17 heavy (non-hydrogen) atoms. The SMILES string of the molecule is CC(=O)C1CCC2=C(C)C(=O)CC(C(C)C)C21. The molecule has 2 nitrogen and oxygen atoms in total. The van der Waals surface area contributed by atoms with Crippen molar-refractivity contribution in [2.45, 2.75) is 47.0 Å². The number of Topliss-reactive ketones (excluding diaryl/α,β-unsaturated/α-hetero) is 2. The molecule has 3 unspecified atom stereocenters. The molecular formula is C15H22O2. The Bertz CT molecular complexity index is 390. The first kappa shape index (κ1) is 12.5. The molecule has 0 aliphatic heterocycles. The highest BCUT2D eigenvalue weighted by Gasteiger charge is 2.45. The van der Waals surface area contributed by atoms with E-state index in [2.05, 4.69) is 13.8 Å². The third-order valence-electron chi connectivity index (χ3n) is 4.72. The van der Waals surface area contributed by atoms with E-state index in [4.69, 9.17) is 0 Å². The number of fused-ring (bicyclic) bond motifs is 1. The van der Waals surface area contributed by atoms with Gasteiger partial charge < -0.3 is 0 Å². The first-order chi connectivity index (χ1) is 7.93. The molecule has 0 amide bonds. The van der Waals surface area contributed by atoms with Gasteiger partial charge in [-0.25, -0.2) is 0 Å². The summed E-state index contributed by atoms with van der Waals surface area (Å²) in [6.45, 7) is 8.00. The van der Waals surface area contributed by atoms with E-state index < -0.39 is 0 Å². The normalized spacial score (nSPS) is 33.2. The quantitative estimate of drug-likeness (QED) is 0.735. The molecule has 0 spiro atoms. The molecule has 0 radical (unpaired) electrons. The summed E-state index contributed by atoms with van der Waals surface area (Å²) in [5.41, 5.74) is 2.25. The van der Waals surface area contributed by atoms with Crippen molar-refractivity contribution in [2.24, 2.45) is 23.7 Å². The third-order valence-corrected chi connectivity index (χ3v) is 4.72. The summed E-state index contributed by atoms with van der Waals surface area (Å²) in [5, 5.41) is 0. The van der Waals surface area contributed by atoms with Crippen LogP contribution in [0.15, 0.2) is 11.1 Å². The predicted octanol–water partition coefficient (Wildman–Crippen LogP) is 3.16. The zero-order valence-electron chi connectivity index (χ0n) is 11.2. The van der Waals surface area contributed by atoms with E-state index in [1.807, 2.05) is 6.92 Å². The van der Waals surface area contributed by atoms with E-state index in [1.165, 1.54) is 5.57 Å². The first-order valence-corrected chi connectivity index (χ1v) is 6.66. The molecule has 0 aromatic carbocycles. The van der Waals surface area contributed by atoms with E-state index in [1.54, 1.807) is 6.92 Å². The lowest BCUT2D eigenvalue weighted by Crippen LogP contribution is -2.34. The van der Waals surface area contributed by atoms with E-state index in [0.717, 1.165) is 18.4 Å². The monoisotopic (exact) mass is 234 g/mol. The van der Waals surface area contributed by atoms with Crippen LogP contribution in [0.4, 0.5) is 0 Å². The molecule has 0 N–H and O–H groups in total. The van der Waals surface area contributed by atoms with Crippen LogP contribution in [0.2, 0.25) is 0 Å². The van der Waals surface area contributed by atoms with Crippen molar-refractivity contribution in [2.75, 3.05) is 0 Å². The number of allylic oxidation sites excluding steroid dienone is 2. The molecule has 0 aromatic heterocycles. The lowest BCUT2D eigenvalue weighted by atomic mass is 9.68. The summed E-state index contributed by atoms with van der Waals surface area (Å²) < 4.78 is 0. The van der Waals surface area contributed by atoms with E-state index in [9.17, 15) is 9.59 Å². The number of hydrogen-bond donors (Lipinski definition) is 0. The van der Waals surface area contributed by atoms with Crippen molar-refractivity contribution in [3.8, 4) is 0 Å². The van der Waals surface area contributed by atoms with Gasteiger partial charge >= 0.3 is 0 Å². The summed E-state index contributed by atoms with van der Waals surface area (Å²) in [4.78, 5) is 23.7. The van der Waals surface area contributed by atoms with Gasteiger partial charge in [0.1, 0.15) is 5.78 Å². The molecule has 1 fully saturated rings. The van der Waals surface area contributed by atoms with Gasteiger partial charge in [-0.3, -0.25) is 9.59 Å². The highest BCUT2D eigenvalue weighted by molar-refractivity contribution is 5.97. The van der Waals surface area contributed by atoms with Gasteiger partial charge in [-0.2, -0.15) is 0 Å². The van der Waals surface area contributed by atoms with Crippen molar-refractivity contribution in [1.29, 1.82) is 0 Å². The largest absolute Gasteiger partial charge is 0.300 e. The average Bonchev–Trinajstić information content (AvgIpc) is 2.67. The molecule has 0 aromatic rings. The molecule has 3 atom stereocenters. The van der Waals surface area contributed by atoms with Gasteiger partial charge in [0.2, 0.25) is 0 Å². The Morgan fingerprint density at radius 2 is 2.00 bits per heavy atom. The highest BCUT2D eigenvalue weighted by Crippen LogP contribution is 2.49. The van der Waals surface area contributed by atoms with Crippen molar-refractivity contribution >= 4 is 11.6 Å². The van der Waals surface area contributed by atoms with Crippen LogP contribution in [0.3, 0.4) is 0 Å². The second kappa shape index (κ2) is 4.40. The van der Waals surface area contributed by atoms with Crippen LogP contribution >= 0.6 is 0 Å². The fourth-order valence-electron chi connectivity index (χ4n) is 3.67. The summed E-state index contributed by atoms with van der Waals surface area (Å²) in [5.74, 6) is 1.98. The van der Waals surface area contributed by atoms with Crippen LogP contribution in [0, 0.1) is 23.7 Å². The molecule has 94 valence electrons. The van der Waals surface area contributed by atoms with Gasteiger partial charge in [-0.05, 0) is 50.0 Å². The Morgan fingerprint density at radius 1 is 1.35 bits per heavy atom. The van der Waals surface area contributed by atoms with Crippen LogP contribution in [-0.4, -0.2) is 11.6 Å². The zero-order chi connectivity index (χ0) is 12.7. The minimum Gasteiger partial charge on any atom is -0.300 e. The van der Waals surface area contributed by atoms with Gasteiger partial charge in [-0.15, -0.1) is 0 Å². The van der Waals surface area contributed by atoms with E-state index in [0.29, 0.717) is 35.7 Å². The Hall–Kier alpha value is -0.920. The maximum atomic E-state index is 12.0. The summed E-state index contributed by atoms with van der Waals surface area (Å²) in [7, 11) is 0. The van der Waals surface area contributed by atoms with Gasteiger partial charge in [0.25, 0.3) is 0 Å². The Balaban J connectivity index is 2.42. The van der Waals surface area contributed by atoms with Gasteiger partial charge in [0, 0.05) is 12.3 Å². The summed E-state index contributed by atoms with van der Waals surface area (Å²) in [6.07, 6.45) is 2.54. The van der Waals surface area contributed by atoms with E-state index >= 15 is 0 Å². The topological polar surface area (TPSA) is 34.1 Å². The predicted molar refractivity (Wildman–Crippen MR) is 67.5 cm³/mol. The van der Waals surface area contributed by atoms with Crippen LogP contribution in [0.1, 0.15) is 47.0 Å². The Morgan fingerprint density at radius 3 is 2.53 bits per heavy atom. The molecule has 2 heteroatoms. The molecule has 0 bridgehead atoms. The number of ketones is 2. The smallest absolute Gasteiger partial charge is 0.158 e. The Labute approximate surface area is 103 Å². The Kier molecular flexibility index (Phi) is 3.24. The van der Waals surface area contributed by atoms with Gasteiger partial charge in [-0.1, -0.05) is 19.4 Å². The second-order valence-corrected chi connectivity index (χ2v) is 5.97. The average molecular weight is 234 g/mol. The number of rotatable bonds is 2. The number of carbonyl (C=O) groups excluding carboxylic acids is 2. The van der Waals surface area contributed by atoms with Crippen molar-refractivity contribution in [3.63, 3.8) is 0 Å². The highest BCUT2D eigenvalue weighted by atomic mass is 16.1. The van der Waals surface area contributed by atoms with Gasteiger partial charge in [0.15, 0.2) is 5.78 Å². The minimum absolute atomic E-state index is 0.167. The maximum Gasteiger partial charge on any atom is 0.158 e. The van der Waals surface area contributed by atoms with Crippen LogP contribution in [-0.2, 0) is 9.59 Å². The zero-order valence-corrected chi connectivity index (χ0v) is 11.2.